The molecule has 0 saturated carbocycles. The van der Waals surface area contributed by atoms with Crippen LogP contribution in [0.5, 0.6) is 0 Å². The Hall–Kier alpha value is -1.26. The van der Waals surface area contributed by atoms with Crippen molar-refractivity contribution in [3.05, 3.63) is 28.8 Å². The summed E-state index contributed by atoms with van der Waals surface area (Å²) >= 11 is 5.87. The fourth-order valence-electron chi connectivity index (χ4n) is 2.60. The van der Waals surface area contributed by atoms with E-state index in [1.165, 1.54) is 0 Å². The number of hydrogen-bond acceptors (Lipinski definition) is 3. The fourth-order valence-corrected chi connectivity index (χ4v) is 2.78. The van der Waals surface area contributed by atoms with Crippen molar-refractivity contribution in [2.24, 2.45) is 0 Å². The number of carbonyl (C=O) groups is 1. The highest BCUT2D eigenvalue weighted by Crippen LogP contribution is 2.24. The number of benzene rings is 1. The Kier molecular flexibility index (Phi) is 4.32. The maximum absolute atomic E-state index is 12.6. The van der Waals surface area contributed by atoms with Crippen molar-refractivity contribution in [2.75, 3.05) is 32.9 Å². The molecular weight excluding hydrogens is 262 g/mol. The van der Waals surface area contributed by atoms with Crippen molar-refractivity contribution >= 4 is 23.2 Å². The minimum Gasteiger partial charge on any atom is -0.398 e. The summed E-state index contributed by atoms with van der Waals surface area (Å²) in [6.07, 6.45) is 2.11. The fraction of sp³-hybridized carbons (Fsp3) is 0.500. The Morgan fingerprint density at radius 1 is 1.53 bits per heavy atom. The van der Waals surface area contributed by atoms with Crippen LogP contribution in [-0.2, 0) is 0 Å². The van der Waals surface area contributed by atoms with Crippen LogP contribution in [0.4, 0.5) is 5.69 Å². The molecule has 0 spiro atoms. The van der Waals surface area contributed by atoms with E-state index in [1.807, 2.05) is 19.0 Å². The third-order valence-electron chi connectivity index (χ3n) is 3.46. The van der Waals surface area contributed by atoms with Crippen LogP contribution in [0, 0.1) is 0 Å². The zero-order valence-electron chi connectivity index (χ0n) is 11.4. The second-order valence-corrected chi connectivity index (χ2v) is 5.72. The van der Waals surface area contributed by atoms with Crippen LogP contribution in [0.15, 0.2) is 18.2 Å². The Morgan fingerprint density at radius 2 is 2.26 bits per heavy atom. The average Bonchev–Trinajstić information content (AvgIpc) is 2.75. The molecule has 5 heteroatoms. The van der Waals surface area contributed by atoms with Crippen LogP contribution in [0.25, 0.3) is 0 Å². The van der Waals surface area contributed by atoms with Gasteiger partial charge in [-0.3, -0.25) is 4.79 Å². The summed E-state index contributed by atoms with van der Waals surface area (Å²) in [5.74, 6) is 0.0125. The summed E-state index contributed by atoms with van der Waals surface area (Å²) in [6, 6.07) is 5.33. The van der Waals surface area contributed by atoms with Gasteiger partial charge in [0.25, 0.3) is 5.91 Å². The lowest BCUT2D eigenvalue weighted by atomic mass is 10.1. The zero-order valence-corrected chi connectivity index (χ0v) is 12.2. The number of hydrogen-bond donors (Lipinski definition) is 1. The van der Waals surface area contributed by atoms with Gasteiger partial charge in [-0.15, -0.1) is 0 Å². The highest BCUT2D eigenvalue weighted by molar-refractivity contribution is 6.31. The number of nitrogens with two attached hydrogens (primary N) is 1. The van der Waals surface area contributed by atoms with Gasteiger partial charge in [0.1, 0.15) is 0 Å². The number of nitrogen functional groups attached to an aromatic ring is 1. The van der Waals surface area contributed by atoms with Crippen molar-refractivity contribution in [2.45, 2.75) is 18.9 Å². The molecule has 104 valence electrons. The highest BCUT2D eigenvalue weighted by atomic mass is 35.5. The first-order chi connectivity index (χ1) is 8.99. The molecule has 1 amide bonds. The first kappa shape index (κ1) is 14.2. The second kappa shape index (κ2) is 5.80. The van der Waals surface area contributed by atoms with E-state index in [0.29, 0.717) is 16.3 Å². The van der Waals surface area contributed by atoms with Crippen molar-refractivity contribution < 1.29 is 4.79 Å². The van der Waals surface area contributed by atoms with Crippen molar-refractivity contribution in [3.63, 3.8) is 0 Å². The van der Waals surface area contributed by atoms with Gasteiger partial charge in [-0.1, -0.05) is 11.6 Å². The number of amides is 1. The van der Waals surface area contributed by atoms with Crippen LogP contribution < -0.4 is 5.73 Å². The molecule has 0 bridgehead atoms. The van der Waals surface area contributed by atoms with Gasteiger partial charge in [-0.2, -0.15) is 0 Å². The summed E-state index contributed by atoms with van der Waals surface area (Å²) in [5.41, 5.74) is 6.90. The minimum absolute atomic E-state index is 0.0125. The topological polar surface area (TPSA) is 49.6 Å². The van der Waals surface area contributed by atoms with Crippen LogP contribution >= 0.6 is 11.6 Å². The predicted octanol–water partition coefficient (Wildman–Crippen LogP) is 2.09. The second-order valence-electron chi connectivity index (χ2n) is 5.29. The van der Waals surface area contributed by atoms with Gasteiger partial charge in [0.2, 0.25) is 0 Å². The van der Waals surface area contributed by atoms with Crippen LogP contribution in [0.1, 0.15) is 23.2 Å². The summed E-state index contributed by atoms with van der Waals surface area (Å²) in [5, 5.41) is 0.556. The molecule has 1 aromatic carbocycles. The van der Waals surface area contributed by atoms with Crippen LogP contribution in [0.3, 0.4) is 0 Å². The number of carbonyl (C=O) groups excluding carboxylic acids is 1. The lowest BCUT2D eigenvalue weighted by Gasteiger charge is -2.27. The SMILES string of the molecule is CN(C)CC1CCCN1C(=O)c1ccc(Cl)cc1N. The Balaban J connectivity index is 2.18. The van der Waals surface area contributed by atoms with Crippen LogP contribution in [-0.4, -0.2) is 48.9 Å². The first-order valence-corrected chi connectivity index (χ1v) is 6.87. The molecular formula is C14H20ClN3O. The molecule has 1 aliphatic heterocycles. The Morgan fingerprint density at radius 3 is 2.89 bits per heavy atom. The molecule has 1 unspecified atom stereocenters. The Bertz CT molecular complexity index is 476. The van der Waals surface area contributed by atoms with E-state index in [9.17, 15) is 4.79 Å². The minimum atomic E-state index is 0.0125. The van der Waals surface area contributed by atoms with Gasteiger partial charge >= 0.3 is 0 Å². The standard InChI is InChI=1S/C14H20ClN3O/c1-17(2)9-11-4-3-7-18(11)14(19)12-6-5-10(15)8-13(12)16/h5-6,8,11H,3-4,7,9,16H2,1-2H3. The predicted molar refractivity (Wildman–Crippen MR) is 78.5 cm³/mol. The van der Waals surface area contributed by atoms with Gasteiger partial charge in [0.05, 0.1) is 5.56 Å². The summed E-state index contributed by atoms with van der Waals surface area (Å²) in [6.45, 7) is 1.69. The maximum atomic E-state index is 12.6. The van der Waals surface area contributed by atoms with Gasteiger partial charge in [-0.25, -0.2) is 0 Å². The highest BCUT2D eigenvalue weighted by Gasteiger charge is 2.30. The smallest absolute Gasteiger partial charge is 0.256 e. The van der Waals surface area contributed by atoms with E-state index in [0.717, 1.165) is 25.9 Å². The molecule has 1 fully saturated rings. The largest absolute Gasteiger partial charge is 0.398 e. The average molecular weight is 282 g/mol. The molecule has 4 nitrogen and oxygen atoms in total. The third kappa shape index (κ3) is 3.19. The number of anilines is 1. The van der Waals surface area contributed by atoms with Crippen LogP contribution in [0.2, 0.25) is 5.02 Å². The molecule has 1 saturated heterocycles. The monoisotopic (exact) mass is 281 g/mol. The quantitative estimate of drug-likeness (QED) is 0.863. The molecule has 19 heavy (non-hydrogen) atoms. The van der Waals surface area contributed by atoms with E-state index < -0.39 is 0 Å². The van der Waals surface area contributed by atoms with Gasteiger partial charge < -0.3 is 15.5 Å². The number of halogens is 1. The summed E-state index contributed by atoms with van der Waals surface area (Å²) < 4.78 is 0. The summed E-state index contributed by atoms with van der Waals surface area (Å²) in [4.78, 5) is 16.6. The zero-order chi connectivity index (χ0) is 14.0. The molecule has 1 heterocycles. The van der Waals surface area contributed by atoms with E-state index in [2.05, 4.69) is 4.90 Å². The number of likely N-dealkylation sites (tertiary alicyclic amines) is 1. The molecule has 2 rings (SSSR count). The van der Waals surface area contributed by atoms with Crippen molar-refractivity contribution in [1.82, 2.24) is 9.80 Å². The van der Waals surface area contributed by atoms with E-state index >= 15 is 0 Å². The Labute approximate surface area is 119 Å². The van der Waals surface area contributed by atoms with Gasteiger partial charge in [-0.05, 0) is 45.1 Å². The number of nitrogens with zero attached hydrogens (tertiary/aromatic N) is 2. The first-order valence-electron chi connectivity index (χ1n) is 6.50. The van der Waals surface area contributed by atoms with Gasteiger partial charge in [0, 0.05) is 29.8 Å². The van der Waals surface area contributed by atoms with E-state index in [-0.39, 0.29) is 11.9 Å². The normalized spacial score (nSPS) is 19.2. The summed E-state index contributed by atoms with van der Waals surface area (Å²) in [7, 11) is 4.05. The molecule has 0 radical (unpaired) electrons. The number of rotatable bonds is 3. The van der Waals surface area contributed by atoms with Crippen molar-refractivity contribution in [1.29, 1.82) is 0 Å². The maximum Gasteiger partial charge on any atom is 0.256 e. The van der Waals surface area contributed by atoms with Gasteiger partial charge in [0.15, 0.2) is 0 Å². The molecule has 0 aliphatic carbocycles. The van der Waals surface area contributed by atoms with Crippen molar-refractivity contribution in [3.8, 4) is 0 Å². The van der Waals surface area contributed by atoms with E-state index in [4.69, 9.17) is 17.3 Å². The lowest BCUT2D eigenvalue weighted by Crippen LogP contribution is -2.41. The van der Waals surface area contributed by atoms with E-state index in [1.54, 1.807) is 18.2 Å². The third-order valence-corrected chi connectivity index (χ3v) is 3.69. The molecule has 1 aliphatic rings. The number of likely N-dealkylation sites (N-methyl/N-ethyl adjacent to an activating group) is 1. The molecule has 1 atom stereocenters. The molecule has 1 aromatic rings. The molecule has 2 N–H and O–H groups in total. The lowest BCUT2D eigenvalue weighted by molar-refractivity contribution is 0.0717. The molecule has 0 aromatic heterocycles.